The second-order valence-corrected chi connectivity index (χ2v) is 4.91. The third kappa shape index (κ3) is 4.46. The average Bonchev–Trinajstić information content (AvgIpc) is 2.54. The van der Waals surface area contributed by atoms with E-state index in [-0.39, 0.29) is 18.3 Å². The standard InChI is InChI=1S/C12H20N2O3/c1-5-9-8-10(15)14(13-9)7-6-11(16)17-12(2,3)4/h8,15H,5-7H2,1-4H3. The molecular weight excluding hydrogens is 220 g/mol. The van der Waals surface area contributed by atoms with Crippen molar-refractivity contribution >= 4 is 5.97 Å². The van der Waals surface area contributed by atoms with Gasteiger partial charge in [-0.1, -0.05) is 6.92 Å². The summed E-state index contributed by atoms with van der Waals surface area (Å²) in [5, 5.41) is 13.7. The molecule has 0 aliphatic heterocycles. The van der Waals surface area contributed by atoms with Crippen LogP contribution < -0.4 is 0 Å². The third-order valence-electron chi connectivity index (χ3n) is 2.12. The number of aromatic nitrogens is 2. The number of hydrogen-bond donors (Lipinski definition) is 1. The second-order valence-electron chi connectivity index (χ2n) is 4.91. The Labute approximate surface area is 101 Å². The van der Waals surface area contributed by atoms with Gasteiger partial charge in [-0.3, -0.25) is 4.79 Å². The number of carbonyl (C=O) groups excluding carboxylic acids is 1. The number of esters is 1. The highest BCUT2D eigenvalue weighted by atomic mass is 16.6. The smallest absolute Gasteiger partial charge is 0.308 e. The number of ether oxygens (including phenoxy) is 1. The van der Waals surface area contributed by atoms with Crippen LogP contribution in [0.5, 0.6) is 5.88 Å². The van der Waals surface area contributed by atoms with Crippen molar-refractivity contribution < 1.29 is 14.6 Å². The van der Waals surface area contributed by atoms with Gasteiger partial charge in [0, 0.05) is 6.07 Å². The zero-order valence-electron chi connectivity index (χ0n) is 10.9. The summed E-state index contributed by atoms with van der Waals surface area (Å²) in [5.74, 6) is -0.198. The molecule has 0 bridgehead atoms. The van der Waals surface area contributed by atoms with Gasteiger partial charge in [0.2, 0.25) is 5.88 Å². The Morgan fingerprint density at radius 3 is 2.65 bits per heavy atom. The van der Waals surface area contributed by atoms with E-state index in [4.69, 9.17) is 4.74 Å². The summed E-state index contributed by atoms with van der Waals surface area (Å²) in [6, 6.07) is 1.61. The molecular formula is C12H20N2O3. The molecule has 0 spiro atoms. The summed E-state index contributed by atoms with van der Waals surface area (Å²) >= 11 is 0. The fraction of sp³-hybridized carbons (Fsp3) is 0.667. The molecule has 96 valence electrons. The van der Waals surface area contributed by atoms with Gasteiger partial charge in [-0.05, 0) is 27.2 Å². The lowest BCUT2D eigenvalue weighted by Crippen LogP contribution is -2.24. The maximum Gasteiger partial charge on any atom is 0.308 e. The molecule has 1 aromatic rings. The maximum atomic E-state index is 11.5. The van der Waals surface area contributed by atoms with Crippen LogP contribution in [0.2, 0.25) is 0 Å². The summed E-state index contributed by atoms with van der Waals surface area (Å²) in [6.45, 7) is 7.77. The van der Waals surface area contributed by atoms with Crippen LogP contribution >= 0.6 is 0 Å². The molecule has 0 radical (unpaired) electrons. The van der Waals surface area contributed by atoms with E-state index in [1.165, 1.54) is 4.68 Å². The number of nitrogens with zero attached hydrogens (tertiary/aromatic N) is 2. The topological polar surface area (TPSA) is 64.4 Å². The van der Waals surface area contributed by atoms with E-state index in [1.807, 2.05) is 27.7 Å². The Morgan fingerprint density at radius 1 is 1.53 bits per heavy atom. The van der Waals surface area contributed by atoms with Gasteiger partial charge in [-0.25, -0.2) is 4.68 Å². The molecule has 0 atom stereocenters. The first-order valence-electron chi connectivity index (χ1n) is 5.79. The van der Waals surface area contributed by atoms with Gasteiger partial charge < -0.3 is 9.84 Å². The van der Waals surface area contributed by atoms with E-state index in [2.05, 4.69) is 5.10 Å². The zero-order chi connectivity index (χ0) is 13.1. The molecule has 1 rings (SSSR count). The van der Waals surface area contributed by atoms with E-state index in [1.54, 1.807) is 6.07 Å². The van der Waals surface area contributed by atoms with Crippen molar-refractivity contribution in [3.63, 3.8) is 0 Å². The van der Waals surface area contributed by atoms with Gasteiger partial charge >= 0.3 is 5.97 Å². The van der Waals surface area contributed by atoms with Crippen molar-refractivity contribution in [2.24, 2.45) is 0 Å². The molecule has 0 aromatic carbocycles. The summed E-state index contributed by atoms with van der Waals surface area (Å²) in [5.41, 5.74) is 0.337. The number of carbonyl (C=O) groups is 1. The monoisotopic (exact) mass is 240 g/mol. The quantitative estimate of drug-likeness (QED) is 0.816. The van der Waals surface area contributed by atoms with Gasteiger partial charge in [0.05, 0.1) is 18.7 Å². The van der Waals surface area contributed by atoms with Gasteiger partial charge in [0.15, 0.2) is 0 Å². The predicted octanol–water partition coefficient (Wildman–Crippen LogP) is 1.88. The highest BCUT2D eigenvalue weighted by molar-refractivity contribution is 5.69. The Hall–Kier alpha value is -1.52. The van der Waals surface area contributed by atoms with Crippen molar-refractivity contribution in [3.8, 4) is 5.88 Å². The molecule has 5 nitrogen and oxygen atoms in total. The Kier molecular flexibility index (Phi) is 4.15. The summed E-state index contributed by atoms with van der Waals surface area (Å²) in [4.78, 5) is 11.5. The van der Waals surface area contributed by atoms with Crippen molar-refractivity contribution in [3.05, 3.63) is 11.8 Å². The normalized spacial score (nSPS) is 11.5. The summed E-state index contributed by atoms with van der Waals surface area (Å²) < 4.78 is 6.59. The SMILES string of the molecule is CCc1cc(O)n(CCC(=O)OC(C)(C)C)n1. The maximum absolute atomic E-state index is 11.5. The Bertz CT molecular complexity index is 391. The number of aryl methyl sites for hydroxylation is 2. The minimum absolute atomic E-state index is 0.0883. The average molecular weight is 240 g/mol. The summed E-state index contributed by atoms with van der Waals surface area (Å²) in [7, 11) is 0. The highest BCUT2D eigenvalue weighted by Crippen LogP contribution is 2.13. The molecule has 0 saturated heterocycles. The van der Waals surface area contributed by atoms with E-state index in [9.17, 15) is 9.90 Å². The van der Waals surface area contributed by atoms with Crippen LogP contribution in [0.25, 0.3) is 0 Å². The van der Waals surface area contributed by atoms with Crippen LogP contribution in [0.1, 0.15) is 39.8 Å². The molecule has 0 unspecified atom stereocenters. The molecule has 1 aromatic heterocycles. The highest BCUT2D eigenvalue weighted by Gasteiger charge is 2.16. The van der Waals surface area contributed by atoms with E-state index >= 15 is 0 Å². The van der Waals surface area contributed by atoms with Crippen molar-refractivity contribution in [1.82, 2.24) is 9.78 Å². The molecule has 0 aliphatic carbocycles. The van der Waals surface area contributed by atoms with Crippen LogP contribution in [0.4, 0.5) is 0 Å². The first kappa shape index (κ1) is 13.5. The summed E-state index contributed by atoms with van der Waals surface area (Å²) in [6.07, 6.45) is 0.961. The van der Waals surface area contributed by atoms with E-state index < -0.39 is 5.60 Å². The van der Waals surface area contributed by atoms with Gasteiger partial charge in [-0.15, -0.1) is 0 Å². The molecule has 17 heavy (non-hydrogen) atoms. The van der Waals surface area contributed by atoms with Crippen molar-refractivity contribution in [1.29, 1.82) is 0 Å². The van der Waals surface area contributed by atoms with Crippen molar-refractivity contribution in [2.45, 2.75) is 52.7 Å². The zero-order valence-corrected chi connectivity index (χ0v) is 10.9. The Balaban J connectivity index is 2.50. The first-order valence-corrected chi connectivity index (χ1v) is 5.79. The minimum atomic E-state index is -0.474. The minimum Gasteiger partial charge on any atom is -0.493 e. The fourth-order valence-corrected chi connectivity index (χ4v) is 1.39. The second kappa shape index (κ2) is 5.21. The number of aromatic hydroxyl groups is 1. The van der Waals surface area contributed by atoms with Crippen molar-refractivity contribution in [2.75, 3.05) is 0 Å². The molecule has 0 fully saturated rings. The number of rotatable bonds is 4. The predicted molar refractivity (Wildman–Crippen MR) is 63.7 cm³/mol. The lowest BCUT2D eigenvalue weighted by Gasteiger charge is -2.19. The fourth-order valence-electron chi connectivity index (χ4n) is 1.39. The van der Waals surface area contributed by atoms with Crippen LogP contribution in [0.3, 0.4) is 0 Å². The molecule has 5 heteroatoms. The van der Waals surface area contributed by atoms with Gasteiger partial charge in [-0.2, -0.15) is 5.10 Å². The third-order valence-corrected chi connectivity index (χ3v) is 2.12. The van der Waals surface area contributed by atoms with Crippen LogP contribution in [0, 0.1) is 0 Å². The Morgan fingerprint density at radius 2 is 2.18 bits per heavy atom. The number of hydrogen-bond acceptors (Lipinski definition) is 4. The molecule has 1 heterocycles. The lowest BCUT2D eigenvalue weighted by atomic mass is 10.2. The molecule has 1 N–H and O–H groups in total. The molecule has 0 aliphatic rings. The molecule has 0 saturated carbocycles. The van der Waals surface area contributed by atoms with Crippen LogP contribution in [0.15, 0.2) is 6.07 Å². The first-order chi connectivity index (χ1) is 7.81. The molecule has 0 amide bonds. The van der Waals surface area contributed by atoms with Crippen LogP contribution in [-0.2, 0) is 22.5 Å². The van der Waals surface area contributed by atoms with E-state index in [0.29, 0.717) is 6.54 Å². The van der Waals surface area contributed by atoms with E-state index in [0.717, 1.165) is 12.1 Å². The van der Waals surface area contributed by atoms with Crippen LogP contribution in [-0.4, -0.2) is 26.5 Å². The lowest BCUT2D eigenvalue weighted by molar-refractivity contribution is -0.155. The van der Waals surface area contributed by atoms with Gasteiger partial charge in [0.25, 0.3) is 0 Å². The largest absolute Gasteiger partial charge is 0.493 e. The van der Waals surface area contributed by atoms with Gasteiger partial charge in [0.1, 0.15) is 5.60 Å².